The van der Waals surface area contributed by atoms with Gasteiger partial charge in [0, 0.05) is 22.7 Å². The van der Waals surface area contributed by atoms with Crippen LogP contribution in [-0.4, -0.2) is 21.9 Å². The Labute approximate surface area is 176 Å². The maximum Gasteiger partial charge on any atom is 0.231 e. The number of aryl methyl sites for hydroxylation is 3. The molecule has 146 valence electrons. The minimum Gasteiger partial charge on any atom is -0.256 e. The van der Waals surface area contributed by atoms with Gasteiger partial charge in [0.1, 0.15) is 5.22 Å². The highest BCUT2D eigenvalue weighted by Crippen LogP contribution is 2.30. The van der Waals surface area contributed by atoms with E-state index in [1.54, 1.807) is 0 Å². The van der Waals surface area contributed by atoms with Crippen molar-refractivity contribution in [2.75, 3.05) is 6.54 Å². The number of hydrogen-bond donors (Lipinski definition) is 0. The Morgan fingerprint density at radius 2 is 1.63 bits per heavy atom. The van der Waals surface area contributed by atoms with Gasteiger partial charge in [0.2, 0.25) is 5.71 Å². The Hall–Kier alpha value is -3.66. The van der Waals surface area contributed by atoms with Gasteiger partial charge in [-0.1, -0.05) is 54.1 Å². The Kier molecular flexibility index (Phi) is 4.47. The van der Waals surface area contributed by atoms with Crippen LogP contribution < -0.4 is 0 Å². The maximum atomic E-state index is 4.66. The van der Waals surface area contributed by atoms with Crippen LogP contribution in [0.5, 0.6) is 0 Å². The second kappa shape index (κ2) is 7.30. The van der Waals surface area contributed by atoms with Crippen LogP contribution in [0.1, 0.15) is 22.3 Å². The summed E-state index contributed by atoms with van der Waals surface area (Å²) in [6.07, 6.45) is 1.87. The molecule has 0 aliphatic carbocycles. The van der Waals surface area contributed by atoms with E-state index in [1.165, 1.54) is 27.6 Å². The first-order valence-electron chi connectivity index (χ1n) is 10.2. The number of pyridine rings is 1. The van der Waals surface area contributed by atoms with Gasteiger partial charge in [-0.05, 0) is 55.5 Å². The summed E-state index contributed by atoms with van der Waals surface area (Å²) in [7, 11) is 0. The van der Waals surface area contributed by atoms with E-state index in [4.69, 9.17) is 0 Å². The molecule has 30 heavy (non-hydrogen) atoms. The topological polar surface area (TPSA) is 40.6 Å². The Morgan fingerprint density at radius 3 is 2.47 bits per heavy atom. The standard InChI is InChI=1S/C26H23N4/c1-17-13-18(2)25(19(3)14-17)24-16-30(29-28-24)22-9-6-8-21(15-22)26-23-10-5-4-7-20(23)11-12-27-26/h4-15H,16H2,1-3H3/q+1. The molecule has 4 heteroatoms. The summed E-state index contributed by atoms with van der Waals surface area (Å²) >= 11 is 0. The smallest absolute Gasteiger partial charge is 0.231 e. The third kappa shape index (κ3) is 3.20. The summed E-state index contributed by atoms with van der Waals surface area (Å²) in [5.41, 5.74) is 9.07. The minimum absolute atomic E-state index is 0.664. The molecule has 4 aromatic rings. The van der Waals surface area contributed by atoms with Crippen LogP contribution in [0.15, 0.2) is 83.3 Å². The van der Waals surface area contributed by atoms with Crippen LogP contribution in [0, 0.1) is 20.8 Å². The second-order valence-electron chi connectivity index (χ2n) is 7.90. The van der Waals surface area contributed by atoms with Gasteiger partial charge in [-0.3, -0.25) is 4.98 Å². The van der Waals surface area contributed by atoms with E-state index in [2.05, 4.69) is 96.7 Å². The van der Waals surface area contributed by atoms with Gasteiger partial charge in [0.15, 0.2) is 12.2 Å². The number of benzene rings is 3. The number of aromatic nitrogens is 1. The zero-order chi connectivity index (χ0) is 20.7. The van der Waals surface area contributed by atoms with E-state index in [1.807, 2.05) is 17.0 Å². The maximum absolute atomic E-state index is 4.66. The fourth-order valence-corrected chi connectivity index (χ4v) is 4.38. The average Bonchev–Trinajstić information content (AvgIpc) is 3.22. The molecule has 0 unspecified atom stereocenters. The number of fused-ring (bicyclic) bond motifs is 1. The molecule has 0 amide bonds. The highest BCUT2D eigenvalue weighted by atomic mass is 15.5. The highest BCUT2D eigenvalue weighted by Gasteiger charge is 2.26. The molecule has 0 saturated carbocycles. The van der Waals surface area contributed by atoms with E-state index in [9.17, 15) is 0 Å². The average molecular weight is 391 g/mol. The quantitative estimate of drug-likeness (QED) is 0.376. The summed E-state index contributed by atoms with van der Waals surface area (Å²) in [5.74, 6) is 0. The molecule has 0 atom stereocenters. The van der Waals surface area contributed by atoms with Gasteiger partial charge in [-0.15, -0.1) is 4.70 Å². The summed E-state index contributed by atoms with van der Waals surface area (Å²) in [6.45, 7) is 7.08. The largest absolute Gasteiger partial charge is 0.256 e. The first-order chi connectivity index (χ1) is 14.6. The zero-order valence-electron chi connectivity index (χ0n) is 17.4. The summed E-state index contributed by atoms with van der Waals surface area (Å²) in [5, 5.41) is 11.3. The van der Waals surface area contributed by atoms with E-state index >= 15 is 0 Å². The Morgan fingerprint density at radius 1 is 0.833 bits per heavy atom. The molecule has 0 radical (unpaired) electrons. The molecule has 0 fully saturated rings. The van der Waals surface area contributed by atoms with E-state index in [0.717, 1.165) is 28.0 Å². The molecule has 5 rings (SSSR count). The van der Waals surface area contributed by atoms with Crippen molar-refractivity contribution in [3.05, 3.63) is 95.2 Å². The molecule has 0 spiro atoms. The lowest BCUT2D eigenvalue weighted by atomic mass is 9.96. The van der Waals surface area contributed by atoms with Gasteiger partial charge < -0.3 is 0 Å². The summed E-state index contributed by atoms with van der Waals surface area (Å²) < 4.78 is 1.96. The van der Waals surface area contributed by atoms with E-state index < -0.39 is 0 Å². The van der Waals surface area contributed by atoms with Crippen LogP contribution in [-0.2, 0) is 0 Å². The molecule has 0 bridgehead atoms. The first kappa shape index (κ1) is 18.4. The lowest BCUT2D eigenvalue weighted by Crippen LogP contribution is -2.14. The van der Waals surface area contributed by atoms with Crippen LogP contribution >= 0.6 is 0 Å². The van der Waals surface area contributed by atoms with Crippen LogP contribution in [0.3, 0.4) is 0 Å². The van der Waals surface area contributed by atoms with E-state index in [-0.39, 0.29) is 0 Å². The molecule has 0 N–H and O–H groups in total. The molecule has 1 aliphatic heterocycles. The minimum atomic E-state index is 0.664. The molecular weight excluding hydrogens is 368 g/mol. The predicted molar refractivity (Wildman–Crippen MR) is 122 cm³/mol. The molecule has 1 aliphatic rings. The molecule has 2 heterocycles. The van der Waals surface area contributed by atoms with Gasteiger partial charge in [-0.2, -0.15) is 0 Å². The van der Waals surface area contributed by atoms with Gasteiger partial charge in [0.05, 0.1) is 10.8 Å². The molecule has 3 aromatic carbocycles. The van der Waals surface area contributed by atoms with Crippen LogP contribution in [0.25, 0.3) is 22.0 Å². The molecule has 4 nitrogen and oxygen atoms in total. The van der Waals surface area contributed by atoms with Crippen LogP contribution in [0.2, 0.25) is 0 Å². The van der Waals surface area contributed by atoms with Gasteiger partial charge in [-0.25, -0.2) is 0 Å². The Balaban J connectivity index is 1.48. The predicted octanol–water partition coefficient (Wildman–Crippen LogP) is 6.34. The highest BCUT2D eigenvalue weighted by molar-refractivity contribution is 6.04. The summed E-state index contributed by atoms with van der Waals surface area (Å²) in [4.78, 5) is 4.66. The lowest BCUT2D eigenvalue weighted by Gasteiger charge is -2.08. The van der Waals surface area contributed by atoms with Crippen LogP contribution in [0.4, 0.5) is 5.69 Å². The normalized spacial score (nSPS) is 13.4. The number of nitrogens with zero attached hydrogens (tertiary/aromatic N) is 4. The molecule has 0 saturated heterocycles. The van der Waals surface area contributed by atoms with Gasteiger partial charge in [0.25, 0.3) is 0 Å². The lowest BCUT2D eigenvalue weighted by molar-refractivity contribution is -0.492. The zero-order valence-corrected chi connectivity index (χ0v) is 17.4. The number of hydrogen-bond acceptors (Lipinski definition) is 3. The monoisotopic (exact) mass is 391 g/mol. The third-order valence-corrected chi connectivity index (χ3v) is 5.63. The fourth-order valence-electron chi connectivity index (χ4n) is 4.38. The van der Waals surface area contributed by atoms with Crippen molar-refractivity contribution < 1.29 is 4.70 Å². The summed E-state index contributed by atoms with van der Waals surface area (Å²) in [6, 6.07) is 23.2. The Bertz CT molecular complexity index is 1320. The number of rotatable bonds is 3. The van der Waals surface area contributed by atoms with Crippen molar-refractivity contribution in [2.45, 2.75) is 20.8 Å². The van der Waals surface area contributed by atoms with Crippen molar-refractivity contribution in [1.29, 1.82) is 0 Å². The first-order valence-corrected chi connectivity index (χ1v) is 10.2. The van der Waals surface area contributed by atoms with Crippen molar-refractivity contribution in [1.82, 2.24) is 4.98 Å². The second-order valence-corrected chi connectivity index (χ2v) is 7.90. The SMILES string of the molecule is Cc1cc(C)c(C2=NN=[N+](c3cccc(-c4nccc5ccccc45)c3)C2)c(C)c1. The van der Waals surface area contributed by atoms with Crippen molar-refractivity contribution in [3.63, 3.8) is 0 Å². The van der Waals surface area contributed by atoms with Crippen molar-refractivity contribution in [2.24, 2.45) is 10.3 Å². The molecule has 1 aromatic heterocycles. The van der Waals surface area contributed by atoms with E-state index in [0.29, 0.717) is 6.54 Å². The molecular formula is C26H23N4+. The third-order valence-electron chi connectivity index (χ3n) is 5.63. The van der Waals surface area contributed by atoms with Gasteiger partial charge >= 0.3 is 0 Å². The van der Waals surface area contributed by atoms with Crippen molar-refractivity contribution in [3.8, 4) is 11.3 Å². The van der Waals surface area contributed by atoms with Crippen molar-refractivity contribution >= 4 is 22.2 Å². The fraction of sp³-hybridized carbons (Fsp3) is 0.154.